The maximum Gasteiger partial charge on any atom is 0.404 e. The highest BCUT2D eigenvalue weighted by molar-refractivity contribution is 8.00. The number of ether oxygens (including phenoxy) is 1. The number of aromatic nitrogens is 1. The van der Waals surface area contributed by atoms with Crippen molar-refractivity contribution in [1.29, 1.82) is 0 Å². The number of thioether (sulfide) groups is 1. The predicted octanol–water partition coefficient (Wildman–Crippen LogP) is 4.08. The Labute approximate surface area is 192 Å². The molecule has 0 fully saturated rings. The molecular formula is C23H33N3O5S. The van der Waals surface area contributed by atoms with Gasteiger partial charge in [0.2, 0.25) is 5.91 Å². The van der Waals surface area contributed by atoms with Crippen molar-refractivity contribution in [3.05, 3.63) is 30.0 Å². The summed E-state index contributed by atoms with van der Waals surface area (Å²) in [5, 5.41) is 14.5. The Morgan fingerprint density at radius 1 is 1.22 bits per heavy atom. The van der Waals surface area contributed by atoms with Crippen LogP contribution in [0.4, 0.5) is 4.79 Å². The zero-order valence-corrected chi connectivity index (χ0v) is 19.9. The van der Waals surface area contributed by atoms with Crippen LogP contribution < -0.4 is 10.6 Å². The highest BCUT2D eigenvalue weighted by Crippen LogP contribution is 2.35. The van der Waals surface area contributed by atoms with Crippen LogP contribution in [-0.2, 0) is 14.3 Å². The predicted molar refractivity (Wildman–Crippen MR) is 126 cm³/mol. The number of carboxylic acid groups (broad SMARTS) is 1. The first-order valence-electron chi connectivity index (χ1n) is 10.8. The molecule has 0 aliphatic carbocycles. The molecule has 1 aromatic heterocycles. The Kier molecular flexibility index (Phi) is 9.90. The fourth-order valence-corrected chi connectivity index (χ4v) is 5.02. The van der Waals surface area contributed by atoms with Gasteiger partial charge in [0.25, 0.3) is 0 Å². The summed E-state index contributed by atoms with van der Waals surface area (Å²) in [6.45, 7) is 6.47. The minimum absolute atomic E-state index is 0.203. The van der Waals surface area contributed by atoms with Gasteiger partial charge in [-0.15, -0.1) is 11.8 Å². The summed E-state index contributed by atoms with van der Waals surface area (Å²) in [6, 6.07) is 5.28. The smallest absolute Gasteiger partial charge is 0.404 e. The molecule has 1 heterocycles. The molecule has 0 saturated heterocycles. The zero-order valence-electron chi connectivity index (χ0n) is 19.1. The van der Waals surface area contributed by atoms with E-state index in [0.717, 1.165) is 21.4 Å². The number of aryl methyl sites for hydroxylation is 1. The second kappa shape index (κ2) is 12.4. The number of hydrogen-bond donors (Lipinski definition) is 4. The first kappa shape index (κ1) is 25.6. The molecular weight excluding hydrogens is 430 g/mol. The minimum atomic E-state index is -1.08. The molecule has 2 atom stereocenters. The number of carbonyl (C=O) groups excluding carboxylic acids is 2. The number of benzene rings is 1. The topological polar surface area (TPSA) is 121 Å². The molecule has 0 saturated carbocycles. The highest BCUT2D eigenvalue weighted by Gasteiger charge is 2.28. The van der Waals surface area contributed by atoms with E-state index in [1.807, 2.05) is 31.3 Å². The molecule has 0 aliphatic rings. The maximum absolute atomic E-state index is 13.2. The molecule has 176 valence electrons. The number of H-pyrrole nitrogens is 1. The summed E-state index contributed by atoms with van der Waals surface area (Å²) < 4.78 is 4.87. The highest BCUT2D eigenvalue weighted by atomic mass is 32.2. The van der Waals surface area contributed by atoms with Crippen molar-refractivity contribution >= 4 is 40.6 Å². The zero-order chi connectivity index (χ0) is 23.7. The van der Waals surface area contributed by atoms with E-state index < -0.39 is 18.1 Å². The van der Waals surface area contributed by atoms with Crippen LogP contribution in [-0.4, -0.2) is 53.0 Å². The summed E-state index contributed by atoms with van der Waals surface area (Å²) in [7, 11) is 1.29. The monoisotopic (exact) mass is 463 g/mol. The van der Waals surface area contributed by atoms with Crippen molar-refractivity contribution in [2.75, 3.05) is 13.7 Å². The number of nitrogens with one attached hydrogen (secondary N) is 3. The Balaban J connectivity index is 2.10. The second-order valence-electron chi connectivity index (χ2n) is 8.20. The molecule has 0 bridgehead atoms. The van der Waals surface area contributed by atoms with E-state index in [0.29, 0.717) is 38.1 Å². The van der Waals surface area contributed by atoms with Gasteiger partial charge >= 0.3 is 12.1 Å². The van der Waals surface area contributed by atoms with E-state index in [1.165, 1.54) is 18.9 Å². The van der Waals surface area contributed by atoms with Crippen LogP contribution in [0, 0.1) is 12.8 Å². The number of methoxy groups -OCH3 is 1. The van der Waals surface area contributed by atoms with Crippen LogP contribution in [0.1, 0.15) is 45.1 Å². The number of amides is 2. The number of unbranched alkanes of at least 4 members (excludes halogenated alkanes) is 1. The number of hydrogen-bond acceptors (Lipinski definition) is 5. The third kappa shape index (κ3) is 7.47. The Morgan fingerprint density at radius 2 is 1.97 bits per heavy atom. The van der Waals surface area contributed by atoms with Crippen molar-refractivity contribution in [2.45, 2.75) is 62.6 Å². The van der Waals surface area contributed by atoms with Crippen molar-refractivity contribution in [1.82, 2.24) is 15.6 Å². The number of aromatic amines is 1. The molecule has 32 heavy (non-hydrogen) atoms. The Hall–Kier alpha value is -2.68. The van der Waals surface area contributed by atoms with Gasteiger partial charge in [-0.1, -0.05) is 26.0 Å². The Morgan fingerprint density at radius 3 is 2.62 bits per heavy atom. The summed E-state index contributed by atoms with van der Waals surface area (Å²) in [5.41, 5.74) is 2.16. The molecule has 0 spiro atoms. The van der Waals surface area contributed by atoms with Crippen LogP contribution in [0.2, 0.25) is 0 Å². The van der Waals surface area contributed by atoms with Gasteiger partial charge in [-0.25, -0.2) is 9.59 Å². The lowest BCUT2D eigenvalue weighted by molar-refractivity contribution is -0.145. The van der Waals surface area contributed by atoms with E-state index in [-0.39, 0.29) is 11.2 Å². The third-order valence-corrected chi connectivity index (χ3v) is 6.39. The first-order chi connectivity index (χ1) is 15.2. The van der Waals surface area contributed by atoms with Crippen LogP contribution in [0.3, 0.4) is 0 Å². The van der Waals surface area contributed by atoms with Crippen molar-refractivity contribution in [2.24, 2.45) is 5.92 Å². The van der Waals surface area contributed by atoms with E-state index >= 15 is 0 Å². The van der Waals surface area contributed by atoms with E-state index in [9.17, 15) is 14.4 Å². The van der Waals surface area contributed by atoms with Crippen molar-refractivity contribution in [3.8, 4) is 0 Å². The molecule has 0 aliphatic heterocycles. The largest absolute Gasteiger partial charge is 0.467 e. The van der Waals surface area contributed by atoms with Gasteiger partial charge in [-0.2, -0.15) is 0 Å². The SMILES string of the molecule is COC(=O)[C@H](CCCCNC(=O)O)NC(=O)[C@@H](CC(C)C)Sc1c[nH]c2cccc(C)c12. The fraction of sp³-hybridized carbons (Fsp3) is 0.522. The lowest BCUT2D eigenvalue weighted by Gasteiger charge is -2.22. The molecule has 2 amide bonds. The maximum atomic E-state index is 13.2. The molecule has 9 heteroatoms. The molecule has 2 rings (SSSR count). The van der Waals surface area contributed by atoms with Crippen LogP contribution in [0.25, 0.3) is 10.9 Å². The normalized spacial score (nSPS) is 13.0. The van der Waals surface area contributed by atoms with Gasteiger partial charge in [-0.3, -0.25) is 4.79 Å². The number of fused-ring (bicyclic) bond motifs is 1. The molecule has 0 unspecified atom stereocenters. The molecule has 1 aromatic carbocycles. The van der Waals surface area contributed by atoms with Crippen molar-refractivity contribution in [3.63, 3.8) is 0 Å². The van der Waals surface area contributed by atoms with Crippen LogP contribution in [0.5, 0.6) is 0 Å². The number of carbonyl (C=O) groups is 3. The summed E-state index contributed by atoms with van der Waals surface area (Å²) >= 11 is 1.50. The van der Waals surface area contributed by atoms with Crippen molar-refractivity contribution < 1.29 is 24.2 Å². The minimum Gasteiger partial charge on any atom is -0.467 e. The second-order valence-corrected chi connectivity index (χ2v) is 9.44. The van der Waals surface area contributed by atoms with Gasteiger partial charge < -0.3 is 25.5 Å². The number of rotatable bonds is 12. The summed E-state index contributed by atoms with van der Waals surface area (Å²) in [5.74, 6) is -0.408. The van der Waals surface area contributed by atoms with E-state index in [2.05, 4.69) is 29.5 Å². The standard InChI is InChI=1S/C23H33N3O5S/c1-14(2)12-18(32-19-13-25-16-10-7-8-15(3)20(16)19)21(27)26-17(22(28)31-4)9-5-6-11-24-23(29)30/h7-8,10,13-14,17-18,24-25H,5-6,9,11-12H2,1-4H3,(H,26,27)(H,29,30)/t17-,18+/m0/s1. The first-order valence-corrected chi connectivity index (χ1v) is 11.7. The van der Waals surface area contributed by atoms with Gasteiger partial charge in [-0.05, 0) is 50.2 Å². The third-order valence-electron chi connectivity index (χ3n) is 5.12. The lowest BCUT2D eigenvalue weighted by Crippen LogP contribution is -2.45. The fourth-order valence-electron chi connectivity index (χ4n) is 3.54. The quantitative estimate of drug-likeness (QED) is 0.214. The molecule has 0 radical (unpaired) electrons. The summed E-state index contributed by atoms with van der Waals surface area (Å²) in [6.07, 6.45) is 3.02. The summed E-state index contributed by atoms with van der Waals surface area (Å²) in [4.78, 5) is 40.3. The molecule has 4 N–H and O–H groups in total. The number of esters is 1. The average molecular weight is 464 g/mol. The van der Waals surface area contributed by atoms with Crippen LogP contribution in [0.15, 0.2) is 29.3 Å². The Bertz CT molecular complexity index is 927. The molecule has 2 aromatic rings. The molecule has 8 nitrogen and oxygen atoms in total. The average Bonchev–Trinajstić information content (AvgIpc) is 3.15. The van der Waals surface area contributed by atoms with E-state index in [1.54, 1.807) is 0 Å². The van der Waals surface area contributed by atoms with Gasteiger partial charge in [0.05, 0.1) is 12.4 Å². The van der Waals surface area contributed by atoms with Gasteiger partial charge in [0.1, 0.15) is 6.04 Å². The lowest BCUT2D eigenvalue weighted by atomic mass is 10.1. The van der Waals surface area contributed by atoms with Crippen LogP contribution >= 0.6 is 11.8 Å². The van der Waals surface area contributed by atoms with E-state index in [4.69, 9.17) is 9.84 Å². The van der Waals surface area contributed by atoms with Gasteiger partial charge in [0, 0.05) is 28.5 Å². The van der Waals surface area contributed by atoms with Gasteiger partial charge in [0.15, 0.2) is 0 Å².